The van der Waals surface area contributed by atoms with Crippen LogP contribution in [-0.4, -0.2) is 18.1 Å². The molecule has 0 aromatic heterocycles. The fraction of sp³-hybridized carbons (Fsp3) is 0.667. The van der Waals surface area contributed by atoms with E-state index in [4.69, 9.17) is 0 Å². The van der Waals surface area contributed by atoms with Crippen molar-refractivity contribution in [1.82, 2.24) is 10.7 Å². The average molecular weight is 117 g/mol. The molecule has 4 heteroatoms. The maximum Gasteiger partial charge on any atom is 0.181 e. The summed E-state index contributed by atoms with van der Waals surface area (Å²) in [6.45, 7) is 0. The number of nitrogens with zero attached hydrogens (tertiary/aromatic N) is 1. The summed E-state index contributed by atoms with van der Waals surface area (Å²) >= 11 is 1.67. The van der Waals surface area contributed by atoms with Crippen molar-refractivity contribution in [1.29, 1.82) is 0 Å². The SMILES string of the molecule is CNC1=NNCS1. The number of hydrazone groups is 1. The van der Waals surface area contributed by atoms with Crippen LogP contribution in [0, 0.1) is 0 Å². The van der Waals surface area contributed by atoms with Gasteiger partial charge in [0.1, 0.15) is 0 Å². The fourth-order valence-electron chi connectivity index (χ4n) is 0.365. The summed E-state index contributed by atoms with van der Waals surface area (Å²) in [4.78, 5) is 0. The van der Waals surface area contributed by atoms with E-state index in [1.807, 2.05) is 7.05 Å². The topological polar surface area (TPSA) is 36.4 Å². The molecule has 0 aromatic rings. The van der Waals surface area contributed by atoms with Crippen LogP contribution in [0.25, 0.3) is 0 Å². The first kappa shape index (κ1) is 4.77. The molecule has 7 heavy (non-hydrogen) atoms. The molecular formula is C3H7N3S. The first-order valence-electron chi connectivity index (χ1n) is 2.04. The van der Waals surface area contributed by atoms with Crippen LogP contribution in [0.2, 0.25) is 0 Å². The highest BCUT2D eigenvalue weighted by Crippen LogP contribution is 2.02. The largest absolute Gasteiger partial charge is 0.366 e. The number of thioether (sulfide) groups is 1. The van der Waals surface area contributed by atoms with Crippen LogP contribution in [-0.2, 0) is 0 Å². The van der Waals surface area contributed by atoms with Gasteiger partial charge in [-0.3, -0.25) is 5.43 Å². The molecule has 0 unspecified atom stereocenters. The summed E-state index contributed by atoms with van der Waals surface area (Å²) in [5.74, 6) is 0.899. The van der Waals surface area contributed by atoms with Gasteiger partial charge in [-0.2, -0.15) is 5.10 Å². The zero-order chi connectivity index (χ0) is 5.11. The first-order chi connectivity index (χ1) is 3.43. The maximum absolute atomic E-state index is 3.87. The summed E-state index contributed by atoms with van der Waals surface area (Å²) in [7, 11) is 1.86. The number of hydrogen-bond acceptors (Lipinski definition) is 4. The Balaban J connectivity index is 2.36. The van der Waals surface area contributed by atoms with Gasteiger partial charge in [-0.05, 0) is 0 Å². The van der Waals surface area contributed by atoms with Crippen LogP contribution < -0.4 is 10.7 Å². The lowest BCUT2D eigenvalue weighted by Gasteiger charge is -1.88. The van der Waals surface area contributed by atoms with Crippen molar-refractivity contribution in [3.63, 3.8) is 0 Å². The summed E-state index contributed by atoms with van der Waals surface area (Å²) < 4.78 is 0. The van der Waals surface area contributed by atoms with E-state index in [2.05, 4.69) is 15.8 Å². The van der Waals surface area contributed by atoms with E-state index in [1.165, 1.54) is 0 Å². The Hall–Kier alpha value is -0.380. The first-order valence-corrected chi connectivity index (χ1v) is 3.03. The molecule has 40 valence electrons. The van der Waals surface area contributed by atoms with Crippen LogP contribution in [0.15, 0.2) is 5.10 Å². The predicted molar refractivity (Wildman–Crippen MR) is 32.1 cm³/mol. The molecule has 0 amide bonds. The maximum atomic E-state index is 3.87. The standard InChI is InChI=1S/C3H7N3S/c1-4-3-6-5-2-7-3/h5H,2H2,1H3,(H,4,6). The third-order valence-electron chi connectivity index (χ3n) is 0.668. The second-order valence-electron chi connectivity index (χ2n) is 1.11. The molecule has 0 fully saturated rings. The molecule has 0 bridgehead atoms. The third kappa shape index (κ3) is 0.991. The predicted octanol–water partition coefficient (Wildman–Crippen LogP) is -0.229. The van der Waals surface area contributed by atoms with Gasteiger partial charge in [-0.25, -0.2) is 0 Å². The Morgan fingerprint density at radius 3 is 3.14 bits per heavy atom. The zero-order valence-corrected chi connectivity index (χ0v) is 4.88. The second kappa shape index (κ2) is 2.07. The van der Waals surface area contributed by atoms with Gasteiger partial charge < -0.3 is 5.32 Å². The van der Waals surface area contributed by atoms with Gasteiger partial charge in [0.25, 0.3) is 0 Å². The Labute approximate surface area is 46.6 Å². The van der Waals surface area contributed by atoms with E-state index < -0.39 is 0 Å². The molecular weight excluding hydrogens is 110 g/mol. The van der Waals surface area contributed by atoms with Gasteiger partial charge >= 0.3 is 0 Å². The molecule has 0 saturated carbocycles. The van der Waals surface area contributed by atoms with Crippen molar-refractivity contribution >= 4 is 16.9 Å². The molecule has 0 aliphatic carbocycles. The molecule has 1 aliphatic heterocycles. The normalized spacial score (nSPS) is 18.1. The van der Waals surface area contributed by atoms with Crippen molar-refractivity contribution in [3.8, 4) is 0 Å². The molecule has 0 aromatic carbocycles. The summed E-state index contributed by atoms with van der Waals surface area (Å²) in [6.07, 6.45) is 0. The molecule has 1 rings (SSSR count). The Morgan fingerprint density at radius 1 is 2.00 bits per heavy atom. The Bertz CT molecular complexity index is 90.2. The van der Waals surface area contributed by atoms with Crippen LogP contribution >= 0.6 is 11.8 Å². The van der Waals surface area contributed by atoms with Gasteiger partial charge in [-0.1, -0.05) is 11.8 Å². The number of nitrogens with one attached hydrogen (secondary N) is 2. The summed E-state index contributed by atoms with van der Waals surface area (Å²) in [6, 6.07) is 0. The van der Waals surface area contributed by atoms with Crippen LogP contribution in [0.1, 0.15) is 0 Å². The molecule has 1 aliphatic rings. The lowest BCUT2D eigenvalue weighted by Crippen LogP contribution is -2.11. The van der Waals surface area contributed by atoms with Crippen molar-refractivity contribution < 1.29 is 0 Å². The number of rotatable bonds is 0. The molecule has 0 atom stereocenters. The average Bonchev–Trinajstić information content (AvgIpc) is 2.14. The van der Waals surface area contributed by atoms with Crippen molar-refractivity contribution in [2.24, 2.45) is 5.10 Å². The van der Waals surface area contributed by atoms with Crippen LogP contribution in [0.3, 0.4) is 0 Å². The van der Waals surface area contributed by atoms with E-state index in [0.717, 1.165) is 11.0 Å². The van der Waals surface area contributed by atoms with E-state index in [1.54, 1.807) is 11.8 Å². The van der Waals surface area contributed by atoms with Crippen LogP contribution in [0.5, 0.6) is 0 Å². The van der Waals surface area contributed by atoms with E-state index in [-0.39, 0.29) is 0 Å². The smallest absolute Gasteiger partial charge is 0.181 e. The minimum Gasteiger partial charge on any atom is -0.366 e. The molecule has 2 N–H and O–H groups in total. The molecule has 0 radical (unpaired) electrons. The van der Waals surface area contributed by atoms with Crippen molar-refractivity contribution in [3.05, 3.63) is 0 Å². The van der Waals surface area contributed by atoms with Crippen LogP contribution in [0.4, 0.5) is 0 Å². The highest BCUT2D eigenvalue weighted by atomic mass is 32.2. The molecule has 0 spiro atoms. The third-order valence-corrected chi connectivity index (χ3v) is 1.51. The Morgan fingerprint density at radius 2 is 2.86 bits per heavy atom. The van der Waals surface area contributed by atoms with Gasteiger partial charge in [0, 0.05) is 7.05 Å². The van der Waals surface area contributed by atoms with Crippen molar-refractivity contribution in [2.75, 3.05) is 12.9 Å². The Kier molecular flexibility index (Phi) is 1.41. The molecule has 0 saturated heterocycles. The lowest BCUT2D eigenvalue weighted by atomic mass is 11.2. The van der Waals surface area contributed by atoms with Gasteiger partial charge in [0.2, 0.25) is 0 Å². The van der Waals surface area contributed by atoms with Crippen molar-refractivity contribution in [2.45, 2.75) is 0 Å². The van der Waals surface area contributed by atoms with Gasteiger partial charge in [0.15, 0.2) is 5.17 Å². The lowest BCUT2D eigenvalue weighted by molar-refractivity contribution is 0.885. The van der Waals surface area contributed by atoms with E-state index >= 15 is 0 Å². The number of amidine groups is 1. The monoisotopic (exact) mass is 117 g/mol. The second-order valence-corrected chi connectivity index (χ2v) is 2.08. The van der Waals surface area contributed by atoms with E-state index in [9.17, 15) is 0 Å². The van der Waals surface area contributed by atoms with Gasteiger partial charge in [0.05, 0.1) is 5.88 Å². The molecule has 3 nitrogen and oxygen atoms in total. The molecule has 1 heterocycles. The van der Waals surface area contributed by atoms with Gasteiger partial charge in [-0.15, -0.1) is 0 Å². The zero-order valence-electron chi connectivity index (χ0n) is 4.06. The minimum absolute atomic E-state index is 0.899. The highest BCUT2D eigenvalue weighted by Gasteiger charge is 2.00. The number of hydrogen-bond donors (Lipinski definition) is 2. The fourth-order valence-corrected chi connectivity index (χ4v) is 0.904. The summed E-state index contributed by atoms with van der Waals surface area (Å²) in [5.41, 5.74) is 2.81. The highest BCUT2D eigenvalue weighted by molar-refractivity contribution is 8.14. The summed E-state index contributed by atoms with van der Waals surface area (Å²) in [5, 5.41) is 7.76. The quantitative estimate of drug-likeness (QED) is 0.460. The minimum atomic E-state index is 0.899. The van der Waals surface area contributed by atoms with E-state index in [0.29, 0.717) is 0 Å².